The number of aromatic hydroxyl groups is 1. The smallest absolute Gasteiger partial charge is 0.338 e. The second-order valence-corrected chi connectivity index (χ2v) is 7.28. The standard InChI is InChI=1S/C17H23NO3/c1-16(2)11-6-7-17(16,3)14(9-11)21-15(20)10-4-5-12(18)13(19)8-10/h4-5,8,11,14,19H,6-7,9,18H2,1-3H3. The van der Waals surface area contributed by atoms with Crippen molar-refractivity contribution in [3.05, 3.63) is 23.8 Å². The van der Waals surface area contributed by atoms with Gasteiger partial charge in [0.1, 0.15) is 11.9 Å². The monoisotopic (exact) mass is 289 g/mol. The van der Waals surface area contributed by atoms with Crippen molar-refractivity contribution in [1.29, 1.82) is 0 Å². The number of anilines is 1. The molecule has 114 valence electrons. The van der Waals surface area contributed by atoms with Crippen LogP contribution in [0.2, 0.25) is 0 Å². The van der Waals surface area contributed by atoms with Gasteiger partial charge in [-0.25, -0.2) is 4.79 Å². The van der Waals surface area contributed by atoms with E-state index in [4.69, 9.17) is 10.5 Å². The number of carbonyl (C=O) groups is 1. The molecule has 4 heteroatoms. The van der Waals surface area contributed by atoms with Crippen LogP contribution in [0.3, 0.4) is 0 Å². The number of nitrogens with two attached hydrogens (primary N) is 1. The fourth-order valence-electron chi connectivity index (χ4n) is 4.18. The number of carbonyl (C=O) groups excluding carboxylic acids is 1. The van der Waals surface area contributed by atoms with Crippen LogP contribution in [0.1, 0.15) is 50.4 Å². The summed E-state index contributed by atoms with van der Waals surface area (Å²) >= 11 is 0. The third-order valence-corrected chi connectivity index (χ3v) is 6.23. The molecule has 1 aromatic rings. The molecule has 2 aliphatic carbocycles. The summed E-state index contributed by atoms with van der Waals surface area (Å²) in [6, 6.07) is 4.49. The Kier molecular flexibility index (Phi) is 2.98. The van der Waals surface area contributed by atoms with Crippen LogP contribution < -0.4 is 5.73 Å². The first-order chi connectivity index (χ1) is 9.75. The molecule has 0 saturated heterocycles. The van der Waals surface area contributed by atoms with Gasteiger partial charge < -0.3 is 15.6 Å². The number of phenolic OH excluding ortho intramolecular Hbond substituents is 1. The van der Waals surface area contributed by atoms with Gasteiger partial charge in [-0.3, -0.25) is 0 Å². The zero-order chi connectivity index (χ0) is 15.4. The Bertz CT molecular complexity index is 596. The van der Waals surface area contributed by atoms with E-state index in [0.717, 1.165) is 12.8 Å². The summed E-state index contributed by atoms with van der Waals surface area (Å²) in [6.45, 7) is 6.81. The molecule has 3 atom stereocenters. The van der Waals surface area contributed by atoms with Crippen molar-refractivity contribution in [3.63, 3.8) is 0 Å². The highest BCUT2D eigenvalue weighted by Gasteiger charge is 2.62. The van der Waals surface area contributed by atoms with Gasteiger partial charge in [-0.15, -0.1) is 0 Å². The summed E-state index contributed by atoms with van der Waals surface area (Å²) in [6.07, 6.45) is 3.23. The molecular formula is C17H23NO3. The van der Waals surface area contributed by atoms with Crippen molar-refractivity contribution >= 4 is 11.7 Å². The Morgan fingerprint density at radius 3 is 2.62 bits per heavy atom. The number of ether oxygens (including phenoxy) is 1. The van der Waals surface area contributed by atoms with E-state index in [1.807, 2.05) is 0 Å². The van der Waals surface area contributed by atoms with Crippen LogP contribution in [0.15, 0.2) is 18.2 Å². The highest BCUT2D eigenvalue weighted by molar-refractivity contribution is 5.90. The number of fused-ring (bicyclic) bond motifs is 2. The van der Waals surface area contributed by atoms with E-state index < -0.39 is 0 Å². The first kappa shape index (κ1) is 14.2. The van der Waals surface area contributed by atoms with Crippen LogP contribution in [0, 0.1) is 16.7 Å². The summed E-state index contributed by atoms with van der Waals surface area (Å²) < 4.78 is 5.77. The molecule has 1 aromatic carbocycles. The second-order valence-electron chi connectivity index (χ2n) is 7.28. The fourth-order valence-corrected chi connectivity index (χ4v) is 4.18. The van der Waals surface area contributed by atoms with Gasteiger partial charge in [0.25, 0.3) is 0 Å². The van der Waals surface area contributed by atoms with Gasteiger partial charge in [0.05, 0.1) is 11.3 Å². The van der Waals surface area contributed by atoms with Crippen LogP contribution in [-0.2, 0) is 4.74 Å². The zero-order valence-corrected chi connectivity index (χ0v) is 12.8. The molecule has 21 heavy (non-hydrogen) atoms. The first-order valence-corrected chi connectivity index (χ1v) is 7.55. The lowest BCUT2D eigenvalue weighted by molar-refractivity contribution is -0.0242. The summed E-state index contributed by atoms with van der Waals surface area (Å²) in [4.78, 5) is 12.3. The van der Waals surface area contributed by atoms with Gasteiger partial charge in [0.2, 0.25) is 0 Å². The maximum absolute atomic E-state index is 12.3. The molecule has 2 bridgehead atoms. The molecule has 3 N–H and O–H groups in total. The van der Waals surface area contributed by atoms with Crippen molar-refractivity contribution in [2.24, 2.45) is 16.7 Å². The van der Waals surface area contributed by atoms with Gasteiger partial charge >= 0.3 is 5.97 Å². The maximum atomic E-state index is 12.3. The molecule has 0 amide bonds. The first-order valence-electron chi connectivity index (χ1n) is 7.55. The Hall–Kier alpha value is -1.71. The molecule has 4 nitrogen and oxygen atoms in total. The number of rotatable bonds is 2. The normalized spacial score (nSPS) is 33.1. The average molecular weight is 289 g/mol. The van der Waals surface area contributed by atoms with E-state index in [2.05, 4.69) is 20.8 Å². The molecule has 0 radical (unpaired) electrons. The van der Waals surface area contributed by atoms with Crippen molar-refractivity contribution in [2.75, 3.05) is 5.73 Å². The van der Waals surface area contributed by atoms with Gasteiger partial charge in [0, 0.05) is 5.41 Å². The average Bonchev–Trinajstić information content (AvgIpc) is 2.75. The van der Waals surface area contributed by atoms with Gasteiger partial charge in [0.15, 0.2) is 0 Å². The molecule has 2 saturated carbocycles. The molecule has 2 aliphatic rings. The minimum atomic E-state index is -0.375. The molecule has 0 heterocycles. The summed E-state index contributed by atoms with van der Waals surface area (Å²) in [5.41, 5.74) is 6.43. The second kappa shape index (κ2) is 4.39. The number of hydrogen-bond acceptors (Lipinski definition) is 4. The topological polar surface area (TPSA) is 72.5 Å². The predicted molar refractivity (Wildman–Crippen MR) is 81.0 cm³/mol. The van der Waals surface area contributed by atoms with E-state index in [1.54, 1.807) is 6.07 Å². The van der Waals surface area contributed by atoms with E-state index >= 15 is 0 Å². The Labute approximate surface area is 125 Å². The Balaban J connectivity index is 1.79. The number of esters is 1. The molecule has 2 fully saturated rings. The third-order valence-electron chi connectivity index (χ3n) is 6.23. The van der Waals surface area contributed by atoms with Gasteiger partial charge in [-0.2, -0.15) is 0 Å². The summed E-state index contributed by atoms with van der Waals surface area (Å²) in [7, 11) is 0. The molecular weight excluding hydrogens is 266 g/mol. The van der Waals surface area contributed by atoms with Crippen molar-refractivity contribution in [1.82, 2.24) is 0 Å². The predicted octanol–water partition coefficient (Wildman–Crippen LogP) is 3.35. The van der Waals surface area contributed by atoms with Crippen molar-refractivity contribution in [3.8, 4) is 5.75 Å². The van der Waals surface area contributed by atoms with Crippen LogP contribution in [-0.4, -0.2) is 17.2 Å². The largest absolute Gasteiger partial charge is 0.506 e. The highest BCUT2D eigenvalue weighted by atomic mass is 16.5. The molecule has 3 unspecified atom stereocenters. The third kappa shape index (κ3) is 1.92. The maximum Gasteiger partial charge on any atom is 0.338 e. The summed E-state index contributed by atoms with van der Waals surface area (Å²) in [5, 5.41) is 9.62. The van der Waals surface area contributed by atoms with Crippen molar-refractivity contribution < 1.29 is 14.6 Å². The lowest BCUT2D eigenvalue weighted by atomic mass is 9.70. The molecule has 0 aliphatic heterocycles. The highest BCUT2D eigenvalue weighted by Crippen LogP contribution is 2.66. The van der Waals surface area contributed by atoms with Gasteiger partial charge in [-0.1, -0.05) is 20.8 Å². The number of phenols is 1. The molecule has 0 spiro atoms. The number of benzene rings is 1. The van der Waals surface area contributed by atoms with E-state index in [0.29, 0.717) is 11.5 Å². The Morgan fingerprint density at radius 1 is 1.38 bits per heavy atom. The number of hydrogen-bond donors (Lipinski definition) is 2. The van der Waals surface area contributed by atoms with Crippen LogP contribution >= 0.6 is 0 Å². The molecule has 0 aromatic heterocycles. The van der Waals surface area contributed by atoms with Crippen LogP contribution in [0.5, 0.6) is 5.75 Å². The zero-order valence-electron chi connectivity index (χ0n) is 12.8. The lowest BCUT2D eigenvalue weighted by Crippen LogP contribution is -2.38. The van der Waals surface area contributed by atoms with Crippen LogP contribution in [0.4, 0.5) is 5.69 Å². The number of nitrogen functional groups attached to an aromatic ring is 1. The minimum Gasteiger partial charge on any atom is -0.506 e. The minimum absolute atomic E-state index is 0.0431. The van der Waals surface area contributed by atoms with E-state index in [9.17, 15) is 9.90 Å². The van der Waals surface area contributed by atoms with Crippen molar-refractivity contribution in [2.45, 2.75) is 46.1 Å². The van der Waals surface area contributed by atoms with E-state index in [-0.39, 0.29) is 34.3 Å². The quantitative estimate of drug-likeness (QED) is 0.497. The van der Waals surface area contributed by atoms with E-state index in [1.165, 1.54) is 18.6 Å². The lowest BCUT2D eigenvalue weighted by Gasteiger charge is -2.38. The SMILES string of the molecule is CC1(C)C2CCC1(C)C(OC(=O)c1ccc(N)c(O)c1)C2. The van der Waals surface area contributed by atoms with Crippen LogP contribution in [0.25, 0.3) is 0 Å². The fraction of sp³-hybridized carbons (Fsp3) is 0.588. The molecule has 3 rings (SSSR count). The Morgan fingerprint density at radius 2 is 2.10 bits per heavy atom. The van der Waals surface area contributed by atoms with Gasteiger partial charge in [-0.05, 0) is 48.8 Å². The summed E-state index contributed by atoms with van der Waals surface area (Å²) in [5.74, 6) is 0.170.